The van der Waals surface area contributed by atoms with Crippen LogP contribution in [0.3, 0.4) is 0 Å². The number of halogens is 3. The van der Waals surface area contributed by atoms with E-state index in [1.165, 1.54) is 0 Å². The van der Waals surface area contributed by atoms with Crippen LogP contribution in [0.25, 0.3) is 11.1 Å². The summed E-state index contributed by atoms with van der Waals surface area (Å²) in [7, 11) is 0. The van der Waals surface area contributed by atoms with Crippen molar-refractivity contribution in [3.63, 3.8) is 0 Å². The van der Waals surface area contributed by atoms with Gasteiger partial charge in [-0.15, -0.1) is 0 Å². The molecule has 0 atom stereocenters. The fourth-order valence-corrected chi connectivity index (χ4v) is 2.82. The molecular weight excluding hydrogens is 291 g/mol. The molecule has 1 nitrogen and oxygen atoms in total. The highest BCUT2D eigenvalue weighted by atomic mass is 35.5. The summed E-state index contributed by atoms with van der Waals surface area (Å²) in [6.45, 7) is 0.681. The second kappa shape index (κ2) is 4.65. The van der Waals surface area contributed by atoms with Crippen LogP contribution in [0.4, 0.5) is 0 Å². The van der Waals surface area contributed by atoms with Crippen LogP contribution in [0, 0.1) is 0 Å². The molecule has 3 rings (SSSR count). The maximum Gasteiger partial charge on any atom is 0.130 e. The first-order valence-corrected chi connectivity index (χ1v) is 6.70. The van der Waals surface area contributed by atoms with Gasteiger partial charge in [0.1, 0.15) is 5.75 Å². The number of rotatable bonds is 1. The highest BCUT2D eigenvalue weighted by Gasteiger charge is 2.20. The van der Waals surface area contributed by atoms with Gasteiger partial charge in [0, 0.05) is 22.6 Å². The van der Waals surface area contributed by atoms with E-state index in [9.17, 15) is 0 Å². The minimum absolute atomic E-state index is 0.527. The Balaban J connectivity index is 2.26. The zero-order chi connectivity index (χ0) is 12.7. The molecule has 0 amide bonds. The Bertz CT molecular complexity index is 623. The van der Waals surface area contributed by atoms with Crippen molar-refractivity contribution in [2.75, 3.05) is 6.61 Å². The number of hydrogen-bond donors (Lipinski definition) is 0. The molecule has 1 aliphatic heterocycles. The number of ether oxygens (including phenoxy) is 1. The molecule has 0 unspecified atom stereocenters. The third-order valence-electron chi connectivity index (χ3n) is 2.99. The summed E-state index contributed by atoms with van der Waals surface area (Å²) in [5, 5.41) is 1.74. The van der Waals surface area contributed by atoms with Crippen molar-refractivity contribution in [3.05, 3.63) is 51.0 Å². The SMILES string of the molecule is Clc1cc2c(c(-c3cccc(Cl)c3Cl)c1)OCC2. The Hall–Kier alpha value is -0.890. The second-order valence-corrected chi connectivity index (χ2v) is 5.36. The van der Waals surface area contributed by atoms with Gasteiger partial charge in [-0.05, 0) is 23.8 Å². The molecule has 0 fully saturated rings. The molecule has 0 saturated heterocycles. The lowest BCUT2D eigenvalue weighted by Crippen LogP contribution is -1.89. The van der Waals surface area contributed by atoms with E-state index in [1.54, 1.807) is 6.07 Å². The van der Waals surface area contributed by atoms with Gasteiger partial charge in [-0.3, -0.25) is 0 Å². The van der Waals surface area contributed by atoms with E-state index < -0.39 is 0 Å². The van der Waals surface area contributed by atoms with E-state index in [4.69, 9.17) is 39.5 Å². The lowest BCUT2D eigenvalue weighted by Gasteiger charge is -2.11. The Labute approximate surface area is 120 Å². The quantitative estimate of drug-likeness (QED) is 0.699. The lowest BCUT2D eigenvalue weighted by molar-refractivity contribution is 0.358. The smallest absolute Gasteiger partial charge is 0.130 e. The minimum atomic E-state index is 0.527. The molecular formula is C14H9Cl3O. The van der Waals surface area contributed by atoms with Crippen molar-refractivity contribution < 1.29 is 4.74 Å². The van der Waals surface area contributed by atoms with Gasteiger partial charge in [0.05, 0.1) is 16.7 Å². The second-order valence-electron chi connectivity index (χ2n) is 4.14. The molecule has 4 heteroatoms. The molecule has 2 aromatic carbocycles. The fraction of sp³-hybridized carbons (Fsp3) is 0.143. The molecule has 0 aromatic heterocycles. The van der Waals surface area contributed by atoms with E-state index in [-0.39, 0.29) is 0 Å². The molecule has 1 aliphatic rings. The van der Waals surface area contributed by atoms with Crippen molar-refractivity contribution in [1.82, 2.24) is 0 Å². The van der Waals surface area contributed by atoms with Gasteiger partial charge in [0.25, 0.3) is 0 Å². The van der Waals surface area contributed by atoms with Crippen LogP contribution in [-0.2, 0) is 6.42 Å². The van der Waals surface area contributed by atoms with Crippen LogP contribution in [0.1, 0.15) is 5.56 Å². The predicted molar refractivity (Wildman–Crippen MR) is 76.1 cm³/mol. The van der Waals surface area contributed by atoms with E-state index in [1.807, 2.05) is 24.3 Å². The first kappa shape index (κ1) is 12.2. The van der Waals surface area contributed by atoms with Gasteiger partial charge in [0.2, 0.25) is 0 Å². The normalized spacial score (nSPS) is 13.3. The summed E-state index contributed by atoms with van der Waals surface area (Å²) in [5.74, 6) is 0.864. The summed E-state index contributed by atoms with van der Waals surface area (Å²) >= 11 is 18.4. The van der Waals surface area contributed by atoms with Gasteiger partial charge in [0.15, 0.2) is 0 Å². The third kappa shape index (κ3) is 1.97. The van der Waals surface area contributed by atoms with Crippen molar-refractivity contribution in [1.29, 1.82) is 0 Å². The summed E-state index contributed by atoms with van der Waals surface area (Å²) < 4.78 is 5.67. The highest BCUT2D eigenvalue weighted by Crippen LogP contribution is 2.43. The molecule has 0 bridgehead atoms. The summed E-state index contributed by atoms with van der Waals surface area (Å²) in [5.41, 5.74) is 2.88. The molecule has 0 aliphatic carbocycles. The van der Waals surface area contributed by atoms with Gasteiger partial charge in [-0.2, -0.15) is 0 Å². The van der Waals surface area contributed by atoms with Crippen LogP contribution in [0.5, 0.6) is 5.75 Å². The van der Waals surface area contributed by atoms with Gasteiger partial charge in [-0.25, -0.2) is 0 Å². The van der Waals surface area contributed by atoms with Crippen LogP contribution in [0.15, 0.2) is 30.3 Å². The van der Waals surface area contributed by atoms with E-state index in [0.717, 1.165) is 28.9 Å². The molecule has 0 spiro atoms. The molecule has 92 valence electrons. The van der Waals surface area contributed by atoms with Gasteiger partial charge < -0.3 is 4.74 Å². The zero-order valence-electron chi connectivity index (χ0n) is 9.34. The van der Waals surface area contributed by atoms with Gasteiger partial charge >= 0.3 is 0 Å². The summed E-state index contributed by atoms with van der Waals surface area (Å²) in [6.07, 6.45) is 0.876. The van der Waals surface area contributed by atoms with Crippen LogP contribution in [-0.4, -0.2) is 6.61 Å². The van der Waals surface area contributed by atoms with E-state index in [0.29, 0.717) is 21.7 Å². The van der Waals surface area contributed by atoms with Crippen LogP contribution in [0.2, 0.25) is 15.1 Å². The first-order chi connectivity index (χ1) is 8.66. The Morgan fingerprint density at radius 1 is 1.00 bits per heavy atom. The average molecular weight is 300 g/mol. The standard InChI is InChI=1S/C14H9Cl3O/c15-9-6-8-4-5-18-14(8)11(7-9)10-2-1-3-12(16)13(10)17/h1-3,6-7H,4-5H2. The fourth-order valence-electron chi connectivity index (χ4n) is 2.18. The summed E-state index contributed by atoms with van der Waals surface area (Å²) in [4.78, 5) is 0. The largest absolute Gasteiger partial charge is 0.492 e. The van der Waals surface area contributed by atoms with Crippen molar-refractivity contribution in [2.45, 2.75) is 6.42 Å². The third-order valence-corrected chi connectivity index (χ3v) is 4.03. The molecule has 18 heavy (non-hydrogen) atoms. The molecule has 0 saturated carbocycles. The predicted octanol–water partition coefficient (Wildman–Crippen LogP) is 5.25. The van der Waals surface area contributed by atoms with Gasteiger partial charge in [-0.1, -0.05) is 46.9 Å². The highest BCUT2D eigenvalue weighted by molar-refractivity contribution is 6.43. The molecule has 1 heterocycles. The number of hydrogen-bond acceptors (Lipinski definition) is 1. The van der Waals surface area contributed by atoms with E-state index in [2.05, 4.69) is 0 Å². The van der Waals surface area contributed by atoms with Crippen LogP contribution < -0.4 is 4.74 Å². The Morgan fingerprint density at radius 2 is 1.83 bits per heavy atom. The first-order valence-electron chi connectivity index (χ1n) is 5.56. The zero-order valence-corrected chi connectivity index (χ0v) is 11.6. The van der Waals surface area contributed by atoms with Crippen molar-refractivity contribution >= 4 is 34.8 Å². The Kier molecular flexibility index (Phi) is 3.14. The topological polar surface area (TPSA) is 9.23 Å². The molecule has 2 aromatic rings. The van der Waals surface area contributed by atoms with Crippen molar-refractivity contribution in [3.8, 4) is 16.9 Å². The average Bonchev–Trinajstić information content (AvgIpc) is 2.79. The van der Waals surface area contributed by atoms with E-state index >= 15 is 0 Å². The summed E-state index contributed by atoms with van der Waals surface area (Å²) in [6, 6.07) is 9.35. The molecule has 0 radical (unpaired) electrons. The minimum Gasteiger partial charge on any atom is -0.492 e. The monoisotopic (exact) mass is 298 g/mol. The maximum absolute atomic E-state index is 6.25. The van der Waals surface area contributed by atoms with Crippen LogP contribution >= 0.6 is 34.8 Å². The Morgan fingerprint density at radius 3 is 2.67 bits per heavy atom. The number of benzene rings is 2. The molecule has 0 N–H and O–H groups in total. The maximum atomic E-state index is 6.25. The lowest BCUT2D eigenvalue weighted by atomic mass is 10.0. The number of fused-ring (bicyclic) bond motifs is 1. The van der Waals surface area contributed by atoms with Crippen molar-refractivity contribution in [2.24, 2.45) is 0 Å².